The largest absolute Gasteiger partial charge is 0.322 e. The maximum Gasteiger partial charge on any atom is 0.322 e. The minimum atomic E-state index is -0.379. The van der Waals surface area contributed by atoms with Crippen LogP contribution in [0.4, 0.5) is 20.6 Å². The van der Waals surface area contributed by atoms with Crippen LogP contribution >= 0.6 is 11.6 Å². The molecule has 0 saturated carbocycles. The van der Waals surface area contributed by atoms with Crippen LogP contribution in [0.3, 0.4) is 0 Å². The highest BCUT2D eigenvalue weighted by atomic mass is 35.5. The van der Waals surface area contributed by atoms with Crippen LogP contribution in [-0.4, -0.2) is 39.2 Å². The van der Waals surface area contributed by atoms with Crippen molar-refractivity contribution < 1.29 is 14.0 Å². The maximum atomic E-state index is 13.7. The lowest BCUT2D eigenvalue weighted by atomic mass is 10.1. The van der Waals surface area contributed by atoms with Gasteiger partial charge in [-0.1, -0.05) is 29.8 Å². The molecular weight excluding hydrogens is 481 g/mol. The lowest BCUT2D eigenvalue weighted by Crippen LogP contribution is -2.46. The second-order valence-electron chi connectivity index (χ2n) is 8.57. The second kappa shape index (κ2) is 9.83. The molecule has 3 amide bonds. The lowest BCUT2D eigenvalue weighted by molar-refractivity contribution is 0.0980. The van der Waals surface area contributed by atoms with Crippen LogP contribution in [0.15, 0.2) is 85.2 Å². The fourth-order valence-electron chi connectivity index (χ4n) is 4.29. The van der Waals surface area contributed by atoms with E-state index < -0.39 is 0 Å². The number of hydrogen-bond donors (Lipinski definition) is 1. The van der Waals surface area contributed by atoms with Crippen molar-refractivity contribution in [1.29, 1.82) is 0 Å². The van der Waals surface area contributed by atoms with Crippen LogP contribution in [0.2, 0.25) is 5.02 Å². The van der Waals surface area contributed by atoms with Gasteiger partial charge >= 0.3 is 6.03 Å². The van der Waals surface area contributed by atoms with Crippen molar-refractivity contribution in [3.63, 3.8) is 0 Å². The van der Waals surface area contributed by atoms with Gasteiger partial charge < -0.3 is 15.1 Å². The number of urea groups is 1. The summed E-state index contributed by atoms with van der Waals surface area (Å²) in [5, 5.41) is 7.34. The fraction of sp³-hybridized carbons (Fsp3) is 0.148. The number of benzene rings is 3. The summed E-state index contributed by atoms with van der Waals surface area (Å²) < 4.78 is 14.9. The van der Waals surface area contributed by atoms with Crippen molar-refractivity contribution in [2.24, 2.45) is 0 Å². The van der Waals surface area contributed by atoms with Crippen LogP contribution in [0, 0.1) is 5.82 Å². The normalized spacial score (nSPS) is 15.2. The molecule has 1 atom stereocenters. The number of rotatable bonds is 3. The van der Waals surface area contributed by atoms with Crippen LogP contribution in [-0.2, 0) is 6.54 Å². The van der Waals surface area contributed by atoms with Gasteiger partial charge in [0.1, 0.15) is 5.82 Å². The monoisotopic (exact) mass is 503 g/mol. The molecule has 4 aromatic rings. The summed E-state index contributed by atoms with van der Waals surface area (Å²) in [5.74, 6) is -0.636. The van der Waals surface area contributed by atoms with Crippen LogP contribution in [0.1, 0.15) is 22.8 Å². The number of nitrogens with one attached hydrogen (secondary N) is 1. The molecule has 0 saturated heterocycles. The number of anilines is 2. The maximum absolute atomic E-state index is 13.7. The van der Waals surface area contributed by atoms with E-state index in [0.29, 0.717) is 22.8 Å². The van der Waals surface area contributed by atoms with Crippen molar-refractivity contribution in [1.82, 2.24) is 14.7 Å². The van der Waals surface area contributed by atoms with E-state index in [0.717, 1.165) is 16.9 Å². The molecule has 0 spiro atoms. The van der Waals surface area contributed by atoms with E-state index >= 15 is 0 Å². The first kappa shape index (κ1) is 23.6. The summed E-state index contributed by atoms with van der Waals surface area (Å²) in [6.07, 6.45) is 3.46. The first-order chi connectivity index (χ1) is 17.4. The molecule has 7 nitrogen and oxygen atoms in total. The van der Waals surface area contributed by atoms with E-state index in [-0.39, 0.29) is 30.3 Å². The zero-order valence-electron chi connectivity index (χ0n) is 19.4. The summed E-state index contributed by atoms with van der Waals surface area (Å²) in [4.78, 5) is 30.2. The average Bonchev–Trinajstić information content (AvgIpc) is 3.37. The average molecular weight is 504 g/mol. The number of carbonyl (C=O) groups is 2. The molecule has 1 aromatic heterocycles. The number of para-hydroxylation sites is 1. The highest BCUT2D eigenvalue weighted by Gasteiger charge is 2.32. The van der Waals surface area contributed by atoms with E-state index in [4.69, 9.17) is 11.6 Å². The Hall–Kier alpha value is -4.17. The Morgan fingerprint density at radius 1 is 1.06 bits per heavy atom. The van der Waals surface area contributed by atoms with Crippen molar-refractivity contribution in [2.45, 2.75) is 19.5 Å². The molecule has 0 unspecified atom stereocenters. The number of fused-ring (bicyclic) bond motifs is 1. The summed E-state index contributed by atoms with van der Waals surface area (Å²) in [7, 11) is 0. The molecule has 182 valence electrons. The molecule has 2 heterocycles. The molecule has 3 aromatic carbocycles. The topological polar surface area (TPSA) is 70.5 Å². The minimum absolute atomic E-state index is 0.257. The molecule has 1 aliphatic heterocycles. The van der Waals surface area contributed by atoms with Gasteiger partial charge in [0.2, 0.25) is 0 Å². The van der Waals surface area contributed by atoms with Gasteiger partial charge in [-0.3, -0.25) is 4.79 Å². The van der Waals surface area contributed by atoms with Crippen molar-refractivity contribution in [3.05, 3.63) is 107 Å². The molecule has 36 heavy (non-hydrogen) atoms. The Morgan fingerprint density at radius 3 is 2.56 bits per heavy atom. The summed E-state index contributed by atoms with van der Waals surface area (Å²) in [5.41, 5.74) is 3.14. The molecule has 0 bridgehead atoms. The SMILES string of the molecule is C[C@@H]1CN(C(=O)c2ccc(-n3cccn3)cc2Cl)c2ccccc2CN1C(=O)Nc1ccc(F)cc1. The smallest absolute Gasteiger partial charge is 0.316 e. The Morgan fingerprint density at radius 2 is 1.83 bits per heavy atom. The summed E-state index contributed by atoms with van der Waals surface area (Å²) in [6, 6.07) is 19.4. The molecule has 5 rings (SSSR count). The standard InChI is InChI=1S/C27H23ClFN5O2/c1-18-16-33(26(35)23-12-11-22(15-24(23)28)34-14-4-13-30-34)25-6-3-2-5-19(25)17-32(18)27(36)31-21-9-7-20(29)8-10-21/h2-15,18H,16-17H2,1H3,(H,31,36)/t18-/m1/s1. The number of aromatic nitrogens is 2. The minimum Gasteiger partial charge on any atom is -0.316 e. The van der Waals surface area contributed by atoms with E-state index in [1.54, 1.807) is 51.1 Å². The van der Waals surface area contributed by atoms with Gasteiger partial charge in [0, 0.05) is 42.9 Å². The number of halogens is 2. The van der Waals surface area contributed by atoms with Gasteiger partial charge in [-0.15, -0.1) is 0 Å². The Kier molecular flexibility index (Phi) is 6.43. The second-order valence-corrected chi connectivity index (χ2v) is 8.98. The fourth-order valence-corrected chi connectivity index (χ4v) is 4.54. The summed E-state index contributed by atoms with van der Waals surface area (Å²) in [6.45, 7) is 2.46. The molecule has 1 aliphatic rings. The molecule has 0 radical (unpaired) electrons. The van der Waals surface area contributed by atoms with Gasteiger partial charge in [-0.05, 0) is 67.1 Å². The Bertz CT molecular complexity index is 1410. The predicted molar refractivity (Wildman–Crippen MR) is 137 cm³/mol. The van der Waals surface area contributed by atoms with Gasteiger partial charge in [0.25, 0.3) is 5.91 Å². The lowest BCUT2D eigenvalue weighted by Gasteiger charge is -2.29. The zero-order valence-corrected chi connectivity index (χ0v) is 20.2. The molecule has 0 fully saturated rings. The third-order valence-electron chi connectivity index (χ3n) is 6.16. The van der Waals surface area contributed by atoms with E-state index in [2.05, 4.69) is 10.4 Å². The highest BCUT2D eigenvalue weighted by molar-refractivity contribution is 6.34. The van der Waals surface area contributed by atoms with Crippen molar-refractivity contribution in [3.8, 4) is 5.69 Å². The van der Waals surface area contributed by atoms with E-state index in [1.807, 2.05) is 31.2 Å². The first-order valence-electron chi connectivity index (χ1n) is 11.4. The van der Waals surface area contributed by atoms with E-state index in [1.165, 1.54) is 24.3 Å². The summed E-state index contributed by atoms with van der Waals surface area (Å²) >= 11 is 6.56. The van der Waals surface area contributed by atoms with Gasteiger partial charge in [0.15, 0.2) is 0 Å². The van der Waals surface area contributed by atoms with Gasteiger partial charge in [-0.25, -0.2) is 13.9 Å². The zero-order chi connectivity index (χ0) is 25.2. The highest BCUT2D eigenvalue weighted by Crippen LogP contribution is 2.31. The van der Waals surface area contributed by atoms with Gasteiger partial charge in [-0.2, -0.15) is 5.10 Å². The third-order valence-corrected chi connectivity index (χ3v) is 6.47. The molecular formula is C27H23ClFN5O2. The van der Waals surface area contributed by atoms with Crippen LogP contribution in [0.25, 0.3) is 5.69 Å². The van der Waals surface area contributed by atoms with Crippen molar-refractivity contribution >= 4 is 34.9 Å². The van der Waals surface area contributed by atoms with Crippen LogP contribution < -0.4 is 10.2 Å². The predicted octanol–water partition coefficient (Wildman–Crippen LogP) is 5.75. The molecule has 0 aliphatic carbocycles. The van der Waals surface area contributed by atoms with E-state index in [9.17, 15) is 14.0 Å². The molecule has 9 heteroatoms. The Labute approximate surface area is 212 Å². The van der Waals surface area contributed by atoms with Crippen molar-refractivity contribution in [2.75, 3.05) is 16.8 Å². The molecule has 1 N–H and O–H groups in total. The first-order valence-corrected chi connectivity index (χ1v) is 11.8. The quantitative estimate of drug-likeness (QED) is 0.387. The van der Waals surface area contributed by atoms with Gasteiger partial charge in [0.05, 0.1) is 16.3 Å². The number of nitrogens with zero attached hydrogens (tertiary/aromatic N) is 4. The third kappa shape index (κ3) is 4.67. The number of amides is 3. The van der Waals surface area contributed by atoms with Crippen LogP contribution in [0.5, 0.6) is 0 Å². The number of carbonyl (C=O) groups excluding carboxylic acids is 2. The number of hydrogen-bond acceptors (Lipinski definition) is 3. The Balaban J connectivity index is 1.43.